The van der Waals surface area contributed by atoms with E-state index in [1.165, 1.54) is 24.9 Å². The van der Waals surface area contributed by atoms with Gasteiger partial charge in [-0.2, -0.15) is 5.10 Å². The van der Waals surface area contributed by atoms with Crippen molar-refractivity contribution in [3.05, 3.63) is 48.9 Å². The summed E-state index contributed by atoms with van der Waals surface area (Å²) in [5.74, 6) is 1.18. The Kier molecular flexibility index (Phi) is 6.60. The fourth-order valence-corrected chi connectivity index (χ4v) is 5.98. The van der Waals surface area contributed by atoms with E-state index in [1.54, 1.807) is 18.6 Å². The summed E-state index contributed by atoms with van der Waals surface area (Å²) >= 11 is 0. The van der Waals surface area contributed by atoms with Crippen molar-refractivity contribution in [2.45, 2.75) is 38.5 Å². The van der Waals surface area contributed by atoms with E-state index in [0.29, 0.717) is 18.0 Å². The Bertz CT molecular complexity index is 1660. The minimum atomic E-state index is 0.0280. The summed E-state index contributed by atoms with van der Waals surface area (Å²) < 4.78 is 0. The lowest BCUT2D eigenvalue weighted by Gasteiger charge is -2.28. The molecule has 6 heterocycles. The molecular weight excluding hydrogens is 502 g/mol. The van der Waals surface area contributed by atoms with E-state index >= 15 is 0 Å². The molecule has 4 N–H and O–H groups in total. The molecule has 2 aliphatic heterocycles. The average molecular weight is 536 g/mol. The molecule has 0 saturated carbocycles. The highest BCUT2D eigenvalue weighted by atomic mass is 16.1. The van der Waals surface area contributed by atoms with Crippen LogP contribution in [0.25, 0.3) is 44.7 Å². The second kappa shape index (κ2) is 10.7. The van der Waals surface area contributed by atoms with Crippen LogP contribution in [0.5, 0.6) is 0 Å². The van der Waals surface area contributed by atoms with Crippen LogP contribution in [0, 0.1) is 5.92 Å². The number of nitrogens with zero attached hydrogens (tertiary/aromatic N) is 5. The summed E-state index contributed by atoms with van der Waals surface area (Å²) in [6.45, 7) is 4.08. The smallest absolute Gasteiger partial charge is 0.224 e. The number of fused-ring (bicyclic) bond motifs is 2. The standard InChI is InChI=1S/C30H33N9O/c40-27(13-19-7-9-31-10-8-19)34-21-14-20(16-32-17-21)24-15-22-25(18-33-24)37-38-28(22)30-35-23-5-4-6-26(29(23)36-30)39-11-2-1-3-12-39/h4-6,14-19,31H,1-3,7-13H2,(H,34,40)(H,35,36)(H,37,38). The Labute approximate surface area is 232 Å². The number of hydrogen-bond acceptors (Lipinski definition) is 7. The zero-order chi connectivity index (χ0) is 26.9. The van der Waals surface area contributed by atoms with Crippen molar-refractivity contribution in [3.63, 3.8) is 0 Å². The SMILES string of the molecule is O=C(CC1CCNCC1)Nc1cncc(-c2cc3c(-c4nc5c(N6CCCCC6)cccc5[nH]4)n[nH]c3cn2)c1. The molecule has 0 atom stereocenters. The number of imidazole rings is 1. The third-order valence-corrected chi connectivity index (χ3v) is 8.11. The Morgan fingerprint density at radius 2 is 1.90 bits per heavy atom. The number of pyridine rings is 2. The van der Waals surface area contributed by atoms with Crippen LogP contribution in [0.1, 0.15) is 38.5 Å². The van der Waals surface area contributed by atoms with E-state index in [4.69, 9.17) is 4.98 Å². The van der Waals surface area contributed by atoms with Gasteiger partial charge in [0.2, 0.25) is 5.91 Å². The van der Waals surface area contributed by atoms with Gasteiger partial charge in [-0.25, -0.2) is 4.98 Å². The molecule has 0 unspecified atom stereocenters. The first kappa shape index (κ1) is 24.7. The number of rotatable bonds is 6. The molecule has 0 spiro atoms. The second-order valence-electron chi connectivity index (χ2n) is 10.9. The number of hydrogen-bond donors (Lipinski definition) is 4. The Balaban J connectivity index is 1.17. The summed E-state index contributed by atoms with van der Waals surface area (Å²) in [7, 11) is 0. The molecule has 0 radical (unpaired) electrons. The van der Waals surface area contributed by atoms with Gasteiger partial charge < -0.3 is 20.5 Å². The number of carbonyl (C=O) groups excluding carboxylic acids is 1. The number of benzene rings is 1. The molecule has 40 heavy (non-hydrogen) atoms. The van der Waals surface area contributed by atoms with Crippen molar-refractivity contribution >= 4 is 39.2 Å². The van der Waals surface area contributed by atoms with Crippen LogP contribution in [0.2, 0.25) is 0 Å². The van der Waals surface area contributed by atoms with E-state index in [9.17, 15) is 4.79 Å². The Morgan fingerprint density at radius 1 is 1.02 bits per heavy atom. The highest BCUT2D eigenvalue weighted by Gasteiger charge is 2.20. The van der Waals surface area contributed by atoms with E-state index in [2.05, 4.69) is 58.9 Å². The lowest BCUT2D eigenvalue weighted by atomic mass is 9.94. The number of amides is 1. The Hall–Kier alpha value is -4.31. The number of anilines is 2. The van der Waals surface area contributed by atoms with Gasteiger partial charge in [0.1, 0.15) is 11.2 Å². The largest absolute Gasteiger partial charge is 0.370 e. The maximum Gasteiger partial charge on any atom is 0.224 e. The number of nitrogens with one attached hydrogen (secondary N) is 4. The molecule has 2 fully saturated rings. The minimum absolute atomic E-state index is 0.0280. The molecule has 0 aliphatic carbocycles. The van der Waals surface area contributed by atoms with E-state index in [0.717, 1.165) is 83.7 Å². The third-order valence-electron chi connectivity index (χ3n) is 8.11. The molecule has 10 nitrogen and oxygen atoms in total. The van der Waals surface area contributed by atoms with Crippen molar-refractivity contribution in [2.75, 3.05) is 36.4 Å². The molecule has 10 heteroatoms. The number of piperidine rings is 2. The van der Waals surface area contributed by atoms with Gasteiger partial charge in [-0.05, 0) is 75.4 Å². The maximum absolute atomic E-state index is 12.7. The highest BCUT2D eigenvalue weighted by molar-refractivity contribution is 5.97. The summed E-state index contributed by atoms with van der Waals surface area (Å²) in [4.78, 5) is 32.6. The zero-order valence-corrected chi connectivity index (χ0v) is 22.4. The van der Waals surface area contributed by atoms with Crippen LogP contribution < -0.4 is 15.5 Å². The zero-order valence-electron chi connectivity index (χ0n) is 22.4. The molecule has 5 aromatic rings. The van der Waals surface area contributed by atoms with Crippen LogP contribution in [-0.4, -0.2) is 62.2 Å². The van der Waals surface area contributed by atoms with Gasteiger partial charge in [0, 0.05) is 36.7 Å². The van der Waals surface area contributed by atoms with Crippen LogP contribution in [0.15, 0.2) is 48.9 Å². The molecule has 2 aliphatic rings. The van der Waals surface area contributed by atoms with Crippen molar-refractivity contribution in [1.29, 1.82) is 0 Å². The molecule has 1 aromatic carbocycles. The predicted molar refractivity (Wildman–Crippen MR) is 157 cm³/mol. The van der Waals surface area contributed by atoms with E-state index in [1.807, 2.05) is 12.1 Å². The van der Waals surface area contributed by atoms with Gasteiger partial charge in [0.15, 0.2) is 5.82 Å². The monoisotopic (exact) mass is 535 g/mol. The minimum Gasteiger partial charge on any atom is -0.370 e. The van der Waals surface area contributed by atoms with Crippen molar-refractivity contribution < 1.29 is 4.79 Å². The van der Waals surface area contributed by atoms with Gasteiger partial charge in [0.05, 0.1) is 40.5 Å². The summed E-state index contributed by atoms with van der Waals surface area (Å²) in [6, 6.07) is 10.2. The summed E-state index contributed by atoms with van der Waals surface area (Å²) in [5, 5.41) is 15.0. The first-order valence-corrected chi connectivity index (χ1v) is 14.3. The van der Waals surface area contributed by atoms with Crippen LogP contribution in [-0.2, 0) is 4.79 Å². The first-order chi connectivity index (χ1) is 19.7. The van der Waals surface area contributed by atoms with Crippen molar-refractivity contribution in [2.24, 2.45) is 5.92 Å². The van der Waals surface area contributed by atoms with Crippen LogP contribution in [0.4, 0.5) is 11.4 Å². The van der Waals surface area contributed by atoms with Gasteiger partial charge in [-0.3, -0.25) is 19.9 Å². The predicted octanol–water partition coefficient (Wildman–Crippen LogP) is 4.88. The molecule has 204 valence electrons. The van der Waals surface area contributed by atoms with E-state index in [-0.39, 0.29) is 5.91 Å². The summed E-state index contributed by atoms with van der Waals surface area (Å²) in [6.07, 6.45) is 11.5. The number of carbonyl (C=O) groups is 1. The molecular formula is C30H33N9O. The molecule has 2 saturated heterocycles. The normalized spacial score (nSPS) is 16.6. The number of para-hydroxylation sites is 1. The molecule has 0 bridgehead atoms. The van der Waals surface area contributed by atoms with Crippen LogP contribution in [0.3, 0.4) is 0 Å². The van der Waals surface area contributed by atoms with Crippen LogP contribution >= 0.6 is 0 Å². The topological polar surface area (TPSA) is 128 Å². The van der Waals surface area contributed by atoms with Gasteiger partial charge >= 0.3 is 0 Å². The summed E-state index contributed by atoms with van der Waals surface area (Å²) in [5.41, 5.74) is 6.98. The van der Waals surface area contributed by atoms with Gasteiger partial charge in [-0.15, -0.1) is 0 Å². The first-order valence-electron chi connectivity index (χ1n) is 14.3. The molecule has 1 amide bonds. The molecule has 4 aromatic heterocycles. The number of H-pyrrole nitrogens is 2. The fourth-order valence-electron chi connectivity index (χ4n) is 5.98. The average Bonchev–Trinajstić information content (AvgIpc) is 3.62. The number of aromatic amines is 2. The third kappa shape index (κ3) is 4.90. The lowest BCUT2D eigenvalue weighted by Crippen LogP contribution is -2.30. The van der Waals surface area contributed by atoms with Gasteiger partial charge in [0.25, 0.3) is 0 Å². The quantitative estimate of drug-likeness (QED) is 0.244. The van der Waals surface area contributed by atoms with Gasteiger partial charge in [-0.1, -0.05) is 6.07 Å². The molecule has 7 rings (SSSR count). The van der Waals surface area contributed by atoms with Crippen molar-refractivity contribution in [3.8, 4) is 22.8 Å². The Morgan fingerprint density at radius 3 is 2.77 bits per heavy atom. The number of aromatic nitrogens is 6. The maximum atomic E-state index is 12.7. The highest BCUT2D eigenvalue weighted by Crippen LogP contribution is 2.33. The van der Waals surface area contributed by atoms with Crippen molar-refractivity contribution in [1.82, 2.24) is 35.5 Å². The fraction of sp³-hybridized carbons (Fsp3) is 0.367. The van der Waals surface area contributed by atoms with E-state index < -0.39 is 0 Å². The lowest BCUT2D eigenvalue weighted by molar-refractivity contribution is -0.117. The second-order valence-corrected chi connectivity index (χ2v) is 10.9.